The lowest BCUT2D eigenvalue weighted by atomic mass is 10.1. The van der Waals surface area contributed by atoms with E-state index >= 15 is 0 Å². The van der Waals surface area contributed by atoms with Gasteiger partial charge in [-0.2, -0.15) is 0 Å². The number of rotatable bonds is 8. The lowest BCUT2D eigenvalue weighted by Crippen LogP contribution is -2.33. The highest BCUT2D eigenvalue weighted by Gasteiger charge is 2.11. The van der Waals surface area contributed by atoms with Gasteiger partial charge in [-0.15, -0.1) is 0 Å². The summed E-state index contributed by atoms with van der Waals surface area (Å²) in [7, 11) is 3.15. The molecule has 128 valence electrons. The van der Waals surface area contributed by atoms with Gasteiger partial charge < -0.3 is 14.2 Å². The number of hydrogen-bond acceptors (Lipinski definition) is 5. The number of methoxy groups -OCH3 is 2. The van der Waals surface area contributed by atoms with E-state index in [2.05, 4.69) is 24.2 Å². The molecule has 0 fully saturated rings. The highest BCUT2D eigenvalue weighted by atomic mass is 16.5. The van der Waals surface area contributed by atoms with Crippen molar-refractivity contribution >= 4 is 11.9 Å². The average molecular weight is 322 g/mol. The Morgan fingerprint density at radius 3 is 2.70 bits per heavy atom. The molecule has 6 nitrogen and oxygen atoms in total. The smallest absolute Gasteiger partial charge is 0.291 e. The Hall–Kier alpha value is -2.08. The van der Waals surface area contributed by atoms with Crippen molar-refractivity contribution in [1.82, 2.24) is 5.32 Å². The molecule has 0 aliphatic heterocycles. The Morgan fingerprint density at radius 2 is 2.04 bits per heavy atom. The fraction of sp³-hybridized carbons (Fsp3) is 0.529. The fourth-order valence-corrected chi connectivity index (χ4v) is 1.70. The van der Waals surface area contributed by atoms with Gasteiger partial charge in [0.25, 0.3) is 11.9 Å². The molecule has 1 aromatic carbocycles. The minimum Gasteiger partial charge on any atom is -0.497 e. The molecule has 0 radical (unpaired) electrons. The van der Waals surface area contributed by atoms with Crippen molar-refractivity contribution in [2.24, 2.45) is 10.9 Å². The molecule has 0 saturated heterocycles. The fourth-order valence-electron chi connectivity index (χ4n) is 1.70. The highest BCUT2D eigenvalue weighted by Crippen LogP contribution is 2.12. The molecule has 23 heavy (non-hydrogen) atoms. The van der Waals surface area contributed by atoms with Crippen LogP contribution in [0.15, 0.2) is 29.3 Å². The van der Waals surface area contributed by atoms with Crippen molar-refractivity contribution in [1.29, 1.82) is 0 Å². The number of carbonyl (C=O) groups excluding carboxylic acids is 1. The van der Waals surface area contributed by atoms with Gasteiger partial charge in [-0.25, -0.2) is 4.99 Å². The van der Waals surface area contributed by atoms with E-state index in [1.165, 1.54) is 0 Å². The van der Waals surface area contributed by atoms with Crippen LogP contribution in [0.1, 0.15) is 30.6 Å². The van der Waals surface area contributed by atoms with E-state index in [0.29, 0.717) is 37.0 Å². The van der Waals surface area contributed by atoms with Crippen LogP contribution in [0.25, 0.3) is 0 Å². The Morgan fingerprint density at radius 1 is 1.26 bits per heavy atom. The van der Waals surface area contributed by atoms with Crippen molar-refractivity contribution in [2.45, 2.75) is 20.3 Å². The minimum absolute atomic E-state index is 0.218. The van der Waals surface area contributed by atoms with E-state index < -0.39 is 0 Å². The van der Waals surface area contributed by atoms with Gasteiger partial charge in [0.05, 0.1) is 13.7 Å². The Balaban J connectivity index is 2.71. The van der Waals surface area contributed by atoms with Crippen molar-refractivity contribution in [3.63, 3.8) is 0 Å². The average Bonchev–Trinajstić information content (AvgIpc) is 2.54. The number of ether oxygens (including phenoxy) is 3. The summed E-state index contributed by atoms with van der Waals surface area (Å²) >= 11 is 0. The predicted octanol–water partition coefficient (Wildman–Crippen LogP) is 2.49. The Bertz CT molecular complexity index is 515. The molecule has 0 aliphatic carbocycles. The third-order valence-corrected chi connectivity index (χ3v) is 3.04. The van der Waals surface area contributed by atoms with Crippen LogP contribution in [0.5, 0.6) is 5.75 Å². The molecule has 1 aromatic rings. The van der Waals surface area contributed by atoms with Gasteiger partial charge in [-0.1, -0.05) is 19.9 Å². The summed E-state index contributed by atoms with van der Waals surface area (Å²) in [6.45, 7) is 5.59. The van der Waals surface area contributed by atoms with Crippen LogP contribution in [0.3, 0.4) is 0 Å². The molecular weight excluding hydrogens is 296 g/mol. The predicted molar refractivity (Wildman–Crippen MR) is 90.0 cm³/mol. The molecule has 0 saturated carbocycles. The number of amidine groups is 1. The van der Waals surface area contributed by atoms with Crippen LogP contribution in [-0.4, -0.2) is 45.9 Å². The molecule has 0 unspecified atom stereocenters. The SMILES string of the molecule is COCCOC(=NCCC(C)C)NC(=O)c1cccc(OC)c1. The lowest BCUT2D eigenvalue weighted by Gasteiger charge is -2.11. The molecule has 6 heteroatoms. The molecule has 0 aliphatic rings. The quantitative estimate of drug-likeness (QED) is 0.453. The third-order valence-electron chi connectivity index (χ3n) is 3.04. The zero-order valence-corrected chi connectivity index (χ0v) is 14.3. The second kappa shape index (κ2) is 10.6. The zero-order chi connectivity index (χ0) is 17.1. The van der Waals surface area contributed by atoms with Crippen molar-refractivity contribution in [3.05, 3.63) is 29.8 Å². The zero-order valence-electron chi connectivity index (χ0n) is 14.3. The van der Waals surface area contributed by atoms with Gasteiger partial charge in [0.2, 0.25) is 0 Å². The number of nitrogens with one attached hydrogen (secondary N) is 1. The summed E-state index contributed by atoms with van der Waals surface area (Å²) in [5.74, 6) is 0.869. The first-order valence-corrected chi connectivity index (χ1v) is 7.68. The van der Waals surface area contributed by atoms with Crippen LogP contribution in [0.4, 0.5) is 0 Å². The van der Waals surface area contributed by atoms with Gasteiger partial charge in [0.15, 0.2) is 0 Å². The number of hydrogen-bond donors (Lipinski definition) is 1. The van der Waals surface area contributed by atoms with Gasteiger partial charge in [0, 0.05) is 19.2 Å². The molecule has 0 atom stereocenters. The first-order valence-electron chi connectivity index (χ1n) is 7.68. The maximum Gasteiger partial charge on any atom is 0.291 e. The van der Waals surface area contributed by atoms with Crippen molar-refractivity contribution in [2.75, 3.05) is 34.0 Å². The van der Waals surface area contributed by atoms with Gasteiger partial charge >= 0.3 is 0 Å². The first-order chi connectivity index (χ1) is 11.1. The maximum absolute atomic E-state index is 12.3. The summed E-state index contributed by atoms with van der Waals surface area (Å²) in [6.07, 6.45) is 0.923. The minimum atomic E-state index is -0.287. The molecule has 0 heterocycles. The molecule has 0 spiro atoms. The van der Waals surface area contributed by atoms with E-state index in [0.717, 1.165) is 6.42 Å². The number of amides is 1. The van der Waals surface area contributed by atoms with E-state index in [1.807, 2.05) is 0 Å². The summed E-state index contributed by atoms with van der Waals surface area (Å²) in [5.41, 5.74) is 0.483. The number of benzene rings is 1. The van der Waals surface area contributed by atoms with Crippen LogP contribution >= 0.6 is 0 Å². The Kier molecular flexibility index (Phi) is 8.75. The van der Waals surface area contributed by atoms with Crippen molar-refractivity contribution < 1.29 is 19.0 Å². The van der Waals surface area contributed by atoms with E-state index in [4.69, 9.17) is 14.2 Å². The summed E-state index contributed by atoms with van der Waals surface area (Å²) in [6, 6.07) is 7.13. The normalized spacial score (nSPS) is 11.4. The monoisotopic (exact) mass is 322 g/mol. The van der Waals surface area contributed by atoms with Crippen LogP contribution in [0, 0.1) is 5.92 Å². The maximum atomic E-state index is 12.3. The lowest BCUT2D eigenvalue weighted by molar-refractivity contribution is 0.0953. The third kappa shape index (κ3) is 7.65. The van der Waals surface area contributed by atoms with Gasteiger partial charge in [-0.3, -0.25) is 10.1 Å². The van der Waals surface area contributed by atoms with E-state index in [1.54, 1.807) is 38.5 Å². The standard InChI is InChI=1S/C17H26N2O4/c1-13(2)8-9-18-17(23-11-10-21-3)19-16(20)14-6-5-7-15(12-14)22-4/h5-7,12-13H,8-11H2,1-4H3,(H,18,19,20). The summed E-state index contributed by atoms with van der Waals surface area (Å²) in [5, 5.41) is 2.69. The van der Waals surface area contributed by atoms with Gasteiger partial charge in [-0.05, 0) is 30.5 Å². The largest absolute Gasteiger partial charge is 0.497 e. The topological polar surface area (TPSA) is 69.2 Å². The van der Waals surface area contributed by atoms with Gasteiger partial charge in [0.1, 0.15) is 12.4 Å². The molecule has 1 rings (SSSR count). The summed E-state index contributed by atoms with van der Waals surface area (Å²) in [4.78, 5) is 16.6. The molecule has 1 N–H and O–H groups in total. The van der Waals surface area contributed by atoms with E-state index in [-0.39, 0.29) is 11.9 Å². The van der Waals surface area contributed by atoms with Crippen LogP contribution in [0.2, 0.25) is 0 Å². The number of nitrogens with zero attached hydrogens (tertiary/aromatic N) is 1. The highest BCUT2D eigenvalue weighted by molar-refractivity contribution is 6.04. The first kappa shape index (κ1) is 19.0. The molecule has 0 bridgehead atoms. The molecule has 1 amide bonds. The summed E-state index contributed by atoms with van der Waals surface area (Å²) < 4.78 is 15.5. The second-order valence-electron chi connectivity index (χ2n) is 5.40. The molecule has 0 aromatic heterocycles. The molecular formula is C17H26N2O4. The van der Waals surface area contributed by atoms with E-state index in [9.17, 15) is 4.79 Å². The van der Waals surface area contributed by atoms with Crippen molar-refractivity contribution in [3.8, 4) is 5.75 Å². The van der Waals surface area contributed by atoms with Crippen LogP contribution < -0.4 is 10.1 Å². The Labute approximate surface area is 137 Å². The van der Waals surface area contributed by atoms with Crippen LogP contribution in [-0.2, 0) is 9.47 Å². The number of aliphatic imine (C=N–C) groups is 1. The second-order valence-corrected chi connectivity index (χ2v) is 5.40. The number of carbonyl (C=O) groups is 1.